The van der Waals surface area contributed by atoms with Crippen LogP contribution in [0.3, 0.4) is 0 Å². The first-order valence-electron chi connectivity index (χ1n) is 8.75. The molecule has 25 heavy (non-hydrogen) atoms. The highest BCUT2D eigenvalue weighted by Crippen LogP contribution is 2.22. The summed E-state index contributed by atoms with van der Waals surface area (Å²) in [6, 6.07) is 8.77. The number of piperidine rings is 1. The molecule has 1 atom stereocenters. The highest BCUT2D eigenvalue weighted by Gasteiger charge is 2.35. The van der Waals surface area contributed by atoms with Crippen LogP contribution in [-0.2, 0) is 9.59 Å². The van der Waals surface area contributed by atoms with Crippen LogP contribution in [0.2, 0.25) is 0 Å². The highest BCUT2D eigenvalue weighted by molar-refractivity contribution is 5.98. The van der Waals surface area contributed by atoms with Crippen LogP contribution in [0.15, 0.2) is 30.3 Å². The summed E-state index contributed by atoms with van der Waals surface area (Å²) in [7, 11) is 0. The largest absolute Gasteiger partial charge is 0.336 e. The van der Waals surface area contributed by atoms with Gasteiger partial charge < -0.3 is 10.6 Å². The van der Waals surface area contributed by atoms with Crippen LogP contribution < -0.4 is 10.6 Å². The minimum Gasteiger partial charge on any atom is -0.336 e. The molecule has 134 valence electrons. The smallest absolute Gasteiger partial charge is 0.324 e. The van der Waals surface area contributed by atoms with Gasteiger partial charge in [0.2, 0.25) is 11.8 Å². The summed E-state index contributed by atoms with van der Waals surface area (Å²) >= 11 is 0. The molecule has 0 unspecified atom stereocenters. The van der Waals surface area contributed by atoms with Gasteiger partial charge in [0.25, 0.3) is 0 Å². The SMILES string of the molecule is C[C@@H](C(=O)N1CCNC1=O)N1CCC(C(=O)Nc2ccccc2)CC1. The lowest BCUT2D eigenvalue weighted by Crippen LogP contribution is -2.51. The standard InChI is InChI=1S/C18H24N4O3/c1-13(17(24)22-12-9-19-18(22)25)21-10-7-14(8-11-21)16(23)20-15-5-3-2-4-6-15/h2-6,13-14H,7-12H2,1H3,(H,19,25)(H,20,23)/t13-/m0/s1. The Morgan fingerprint density at radius 2 is 1.84 bits per heavy atom. The molecule has 2 saturated heterocycles. The quantitative estimate of drug-likeness (QED) is 0.862. The van der Waals surface area contributed by atoms with E-state index in [0.717, 1.165) is 5.69 Å². The lowest BCUT2D eigenvalue weighted by atomic mass is 9.94. The summed E-state index contributed by atoms with van der Waals surface area (Å²) < 4.78 is 0. The Hall–Kier alpha value is -2.41. The number of rotatable bonds is 4. The Bertz CT molecular complexity index is 641. The third-order valence-corrected chi connectivity index (χ3v) is 4.97. The number of urea groups is 1. The Labute approximate surface area is 147 Å². The van der Waals surface area contributed by atoms with Crippen molar-refractivity contribution in [2.75, 3.05) is 31.5 Å². The van der Waals surface area contributed by atoms with Gasteiger partial charge in [-0.3, -0.25) is 19.4 Å². The molecule has 0 bridgehead atoms. The number of carbonyl (C=O) groups excluding carboxylic acids is 3. The van der Waals surface area contributed by atoms with Gasteiger partial charge in [0.15, 0.2) is 0 Å². The van der Waals surface area contributed by atoms with Gasteiger partial charge in [-0.1, -0.05) is 18.2 Å². The fraction of sp³-hybridized carbons (Fsp3) is 0.500. The molecule has 2 N–H and O–H groups in total. The van der Waals surface area contributed by atoms with Crippen LogP contribution in [0.4, 0.5) is 10.5 Å². The van der Waals surface area contributed by atoms with Crippen LogP contribution in [-0.4, -0.2) is 59.9 Å². The maximum Gasteiger partial charge on any atom is 0.324 e. The van der Waals surface area contributed by atoms with E-state index < -0.39 is 0 Å². The van der Waals surface area contributed by atoms with Crippen molar-refractivity contribution in [3.8, 4) is 0 Å². The number of para-hydroxylation sites is 1. The van der Waals surface area contributed by atoms with Crippen LogP contribution in [0.25, 0.3) is 0 Å². The predicted molar refractivity (Wildman–Crippen MR) is 93.9 cm³/mol. The molecule has 2 aliphatic heterocycles. The molecular weight excluding hydrogens is 320 g/mol. The zero-order valence-electron chi connectivity index (χ0n) is 14.4. The second-order valence-corrected chi connectivity index (χ2v) is 6.56. The molecule has 0 radical (unpaired) electrons. The fourth-order valence-electron chi connectivity index (χ4n) is 3.38. The predicted octanol–water partition coefficient (Wildman–Crippen LogP) is 1.28. The summed E-state index contributed by atoms with van der Waals surface area (Å²) in [5, 5.41) is 5.59. The maximum absolute atomic E-state index is 12.5. The average molecular weight is 344 g/mol. The van der Waals surface area contributed by atoms with Gasteiger partial charge in [-0.25, -0.2) is 4.79 Å². The van der Waals surface area contributed by atoms with Gasteiger partial charge in [-0.2, -0.15) is 0 Å². The number of carbonyl (C=O) groups is 3. The lowest BCUT2D eigenvalue weighted by Gasteiger charge is -2.35. The minimum atomic E-state index is -0.345. The van der Waals surface area contributed by atoms with Gasteiger partial charge in [0.05, 0.1) is 6.04 Å². The number of imide groups is 1. The number of anilines is 1. The van der Waals surface area contributed by atoms with Crippen molar-refractivity contribution >= 4 is 23.5 Å². The molecular formula is C18H24N4O3. The molecule has 7 heteroatoms. The normalized spacial score (nSPS) is 20.2. The molecule has 3 rings (SSSR count). The summed E-state index contributed by atoms with van der Waals surface area (Å²) in [4.78, 5) is 39.8. The van der Waals surface area contributed by atoms with Crippen molar-refractivity contribution in [1.29, 1.82) is 0 Å². The van der Waals surface area contributed by atoms with E-state index in [1.807, 2.05) is 37.3 Å². The van der Waals surface area contributed by atoms with E-state index in [9.17, 15) is 14.4 Å². The van der Waals surface area contributed by atoms with E-state index in [4.69, 9.17) is 0 Å². The van der Waals surface area contributed by atoms with Crippen molar-refractivity contribution in [3.05, 3.63) is 30.3 Å². The molecule has 2 heterocycles. The molecule has 0 aliphatic carbocycles. The van der Waals surface area contributed by atoms with Crippen molar-refractivity contribution < 1.29 is 14.4 Å². The number of benzene rings is 1. The monoisotopic (exact) mass is 344 g/mol. The van der Waals surface area contributed by atoms with Crippen LogP contribution in [0.1, 0.15) is 19.8 Å². The van der Waals surface area contributed by atoms with E-state index in [-0.39, 0.29) is 29.8 Å². The van der Waals surface area contributed by atoms with Crippen molar-refractivity contribution in [2.45, 2.75) is 25.8 Å². The molecule has 0 aromatic heterocycles. The first-order valence-corrected chi connectivity index (χ1v) is 8.75. The third-order valence-electron chi connectivity index (χ3n) is 4.97. The van der Waals surface area contributed by atoms with Gasteiger partial charge in [-0.15, -0.1) is 0 Å². The molecule has 0 spiro atoms. The van der Waals surface area contributed by atoms with E-state index in [2.05, 4.69) is 15.5 Å². The Morgan fingerprint density at radius 3 is 2.44 bits per heavy atom. The molecule has 0 saturated carbocycles. The minimum absolute atomic E-state index is 0.0313. The Balaban J connectivity index is 1.50. The van der Waals surface area contributed by atoms with E-state index in [0.29, 0.717) is 39.0 Å². The number of likely N-dealkylation sites (tertiary alicyclic amines) is 1. The van der Waals surface area contributed by atoms with Gasteiger partial charge >= 0.3 is 6.03 Å². The molecule has 1 aromatic carbocycles. The number of hydrogen-bond donors (Lipinski definition) is 2. The van der Waals surface area contributed by atoms with Gasteiger partial charge in [-0.05, 0) is 45.0 Å². The maximum atomic E-state index is 12.5. The van der Waals surface area contributed by atoms with Crippen LogP contribution >= 0.6 is 0 Å². The van der Waals surface area contributed by atoms with Crippen molar-refractivity contribution in [2.24, 2.45) is 5.92 Å². The zero-order chi connectivity index (χ0) is 17.8. The van der Waals surface area contributed by atoms with Crippen molar-refractivity contribution in [3.63, 3.8) is 0 Å². The summed E-state index contributed by atoms with van der Waals surface area (Å²) in [6.07, 6.45) is 1.42. The van der Waals surface area contributed by atoms with Crippen LogP contribution in [0.5, 0.6) is 0 Å². The van der Waals surface area contributed by atoms with Gasteiger partial charge in [0.1, 0.15) is 0 Å². The average Bonchev–Trinajstić information content (AvgIpc) is 3.07. The molecule has 7 nitrogen and oxygen atoms in total. The zero-order valence-corrected chi connectivity index (χ0v) is 14.4. The molecule has 4 amide bonds. The molecule has 2 fully saturated rings. The highest BCUT2D eigenvalue weighted by atomic mass is 16.2. The number of nitrogens with zero attached hydrogens (tertiary/aromatic N) is 2. The Morgan fingerprint density at radius 1 is 1.16 bits per heavy atom. The Kier molecular flexibility index (Phi) is 5.33. The fourth-order valence-corrected chi connectivity index (χ4v) is 3.38. The van der Waals surface area contributed by atoms with E-state index in [1.165, 1.54) is 4.90 Å². The molecule has 1 aromatic rings. The first kappa shape index (κ1) is 17.4. The second-order valence-electron chi connectivity index (χ2n) is 6.56. The topological polar surface area (TPSA) is 81.8 Å². The van der Waals surface area contributed by atoms with Crippen LogP contribution in [0, 0.1) is 5.92 Å². The summed E-state index contributed by atoms with van der Waals surface area (Å²) in [5.41, 5.74) is 0.804. The number of hydrogen-bond acceptors (Lipinski definition) is 4. The summed E-state index contributed by atoms with van der Waals surface area (Å²) in [6.45, 7) is 4.12. The van der Waals surface area contributed by atoms with Crippen molar-refractivity contribution in [1.82, 2.24) is 15.1 Å². The lowest BCUT2D eigenvalue weighted by molar-refractivity contribution is -0.133. The van der Waals surface area contributed by atoms with E-state index >= 15 is 0 Å². The third kappa shape index (κ3) is 3.99. The molecule has 2 aliphatic rings. The van der Waals surface area contributed by atoms with E-state index in [1.54, 1.807) is 0 Å². The van der Waals surface area contributed by atoms with Gasteiger partial charge in [0, 0.05) is 24.7 Å². The number of nitrogens with one attached hydrogen (secondary N) is 2. The first-order chi connectivity index (χ1) is 12.1. The second kappa shape index (κ2) is 7.65. The number of amides is 4. The summed E-state index contributed by atoms with van der Waals surface area (Å²) in [5.74, 6) is -0.181.